The van der Waals surface area contributed by atoms with Crippen LogP contribution < -0.4 is 10.6 Å². The quantitative estimate of drug-likeness (QED) is 0.495. The number of thioether (sulfide) groups is 1. The van der Waals surface area contributed by atoms with Crippen LogP contribution in [0.3, 0.4) is 0 Å². The molecule has 0 bridgehead atoms. The van der Waals surface area contributed by atoms with Gasteiger partial charge in [-0.15, -0.1) is 10.2 Å². The second kappa shape index (κ2) is 8.68. The van der Waals surface area contributed by atoms with E-state index < -0.39 is 0 Å². The maximum Gasteiger partial charge on any atom is 0.234 e. The van der Waals surface area contributed by atoms with Crippen LogP contribution in [-0.4, -0.2) is 28.4 Å². The van der Waals surface area contributed by atoms with Crippen LogP contribution in [0.1, 0.15) is 18.9 Å². The second-order valence-corrected chi connectivity index (χ2v) is 8.04. The predicted octanol–water partition coefficient (Wildman–Crippen LogP) is 4.00. The Bertz CT molecular complexity index is 648. The molecule has 1 aromatic carbocycles. The van der Waals surface area contributed by atoms with Crippen LogP contribution in [-0.2, 0) is 4.79 Å². The van der Waals surface area contributed by atoms with Gasteiger partial charge in [-0.05, 0) is 59.7 Å². The van der Waals surface area contributed by atoms with E-state index in [9.17, 15) is 4.79 Å². The standard InChI is InChI=1S/C14H17IN4OS2/c1-3-6-16-13-18-19-14(22-13)21-8-12(20)17-11-5-4-10(15)7-9(11)2/h4-5,7H,3,6,8H2,1-2H3,(H,16,18)(H,17,20). The summed E-state index contributed by atoms with van der Waals surface area (Å²) in [5.41, 5.74) is 1.92. The molecule has 118 valence electrons. The predicted molar refractivity (Wildman–Crippen MR) is 102 cm³/mol. The molecule has 1 aromatic heterocycles. The summed E-state index contributed by atoms with van der Waals surface area (Å²) in [4.78, 5) is 12.0. The summed E-state index contributed by atoms with van der Waals surface area (Å²) in [7, 11) is 0. The first kappa shape index (κ1) is 17.5. The first-order chi connectivity index (χ1) is 10.6. The van der Waals surface area contributed by atoms with Gasteiger partial charge in [-0.1, -0.05) is 30.0 Å². The molecule has 2 N–H and O–H groups in total. The van der Waals surface area contributed by atoms with Crippen molar-refractivity contribution in [2.45, 2.75) is 24.6 Å². The highest BCUT2D eigenvalue weighted by molar-refractivity contribution is 14.1. The van der Waals surface area contributed by atoms with Crippen molar-refractivity contribution in [3.05, 3.63) is 27.3 Å². The molecule has 0 unspecified atom stereocenters. The van der Waals surface area contributed by atoms with E-state index in [2.05, 4.69) is 50.3 Å². The number of nitrogens with one attached hydrogen (secondary N) is 2. The molecule has 0 radical (unpaired) electrons. The van der Waals surface area contributed by atoms with Gasteiger partial charge >= 0.3 is 0 Å². The summed E-state index contributed by atoms with van der Waals surface area (Å²) in [6.07, 6.45) is 1.04. The molecule has 8 heteroatoms. The summed E-state index contributed by atoms with van der Waals surface area (Å²) in [6, 6.07) is 5.95. The smallest absolute Gasteiger partial charge is 0.234 e. The van der Waals surface area contributed by atoms with Crippen LogP contribution >= 0.6 is 45.7 Å². The van der Waals surface area contributed by atoms with Gasteiger partial charge in [-0.2, -0.15) is 0 Å². The van der Waals surface area contributed by atoms with Crippen molar-refractivity contribution in [3.63, 3.8) is 0 Å². The fourth-order valence-electron chi connectivity index (χ4n) is 1.65. The fraction of sp³-hybridized carbons (Fsp3) is 0.357. The number of anilines is 2. The van der Waals surface area contributed by atoms with Crippen LogP contribution in [0.2, 0.25) is 0 Å². The molecular weight excluding hydrogens is 431 g/mol. The molecule has 0 spiro atoms. The van der Waals surface area contributed by atoms with E-state index in [0.717, 1.165) is 37.3 Å². The third-order valence-corrected chi connectivity index (χ3v) is 5.41. The zero-order valence-electron chi connectivity index (χ0n) is 12.4. The minimum absolute atomic E-state index is 0.0347. The lowest BCUT2D eigenvalue weighted by Gasteiger charge is -2.07. The van der Waals surface area contributed by atoms with Gasteiger partial charge in [-0.3, -0.25) is 4.79 Å². The summed E-state index contributed by atoms with van der Waals surface area (Å²) < 4.78 is 1.96. The SMILES string of the molecule is CCCNc1nnc(SCC(=O)Nc2ccc(I)cc2C)s1. The topological polar surface area (TPSA) is 66.9 Å². The van der Waals surface area contributed by atoms with E-state index in [1.807, 2.05) is 25.1 Å². The van der Waals surface area contributed by atoms with Crippen molar-refractivity contribution in [2.75, 3.05) is 22.9 Å². The number of carbonyl (C=O) groups is 1. The molecule has 2 aromatic rings. The Morgan fingerprint density at radius 2 is 2.23 bits per heavy atom. The van der Waals surface area contributed by atoms with Crippen LogP contribution in [0.5, 0.6) is 0 Å². The van der Waals surface area contributed by atoms with Crippen molar-refractivity contribution < 1.29 is 4.79 Å². The van der Waals surface area contributed by atoms with E-state index in [1.165, 1.54) is 23.1 Å². The van der Waals surface area contributed by atoms with Gasteiger partial charge in [0.15, 0.2) is 4.34 Å². The van der Waals surface area contributed by atoms with Gasteiger partial charge in [0.2, 0.25) is 11.0 Å². The lowest BCUT2D eigenvalue weighted by molar-refractivity contribution is -0.113. The Balaban J connectivity index is 1.83. The number of rotatable bonds is 7. The van der Waals surface area contributed by atoms with E-state index in [1.54, 1.807) is 0 Å². The maximum absolute atomic E-state index is 12.0. The van der Waals surface area contributed by atoms with E-state index >= 15 is 0 Å². The molecular formula is C14H17IN4OS2. The van der Waals surface area contributed by atoms with Crippen LogP contribution in [0, 0.1) is 10.5 Å². The van der Waals surface area contributed by atoms with Crippen LogP contribution in [0.4, 0.5) is 10.8 Å². The molecule has 0 fully saturated rings. The largest absolute Gasteiger partial charge is 0.360 e. The number of halogens is 1. The summed E-state index contributed by atoms with van der Waals surface area (Å²) in [5.74, 6) is 0.293. The summed E-state index contributed by atoms with van der Waals surface area (Å²) in [5, 5.41) is 15.0. The number of hydrogen-bond donors (Lipinski definition) is 2. The minimum Gasteiger partial charge on any atom is -0.360 e. The molecule has 2 rings (SSSR count). The van der Waals surface area contributed by atoms with Crippen LogP contribution in [0.25, 0.3) is 0 Å². The first-order valence-corrected chi connectivity index (χ1v) is 9.72. The third kappa shape index (κ3) is 5.40. The number of aromatic nitrogens is 2. The molecule has 22 heavy (non-hydrogen) atoms. The van der Waals surface area contributed by atoms with Gasteiger partial charge in [-0.25, -0.2) is 0 Å². The first-order valence-electron chi connectivity index (χ1n) is 6.84. The Labute approximate surface area is 151 Å². The highest BCUT2D eigenvalue weighted by Crippen LogP contribution is 2.25. The monoisotopic (exact) mass is 448 g/mol. The van der Waals surface area contributed by atoms with E-state index in [-0.39, 0.29) is 5.91 Å². The van der Waals surface area contributed by atoms with E-state index in [4.69, 9.17) is 0 Å². The molecule has 0 saturated heterocycles. The minimum atomic E-state index is -0.0347. The van der Waals surface area contributed by atoms with Crippen molar-refractivity contribution in [2.24, 2.45) is 0 Å². The van der Waals surface area contributed by atoms with Crippen LogP contribution in [0.15, 0.2) is 22.5 Å². The fourth-order valence-corrected chi connectivity index (χ4v) is 3.88. The number of nitrogens with zero attached hydrogens (tertiary/aromatic N) is 2. The zero-order valence-corrected chi connectivity index (χ0v) is 16.1. The Kier molecular flexibility index (Phi) is 6.90. The Morgan fingerprint density at radius 1 is 1.41 bits per heavy atom. The highest BCUT2D eigenvalue weighted by Gasteiger charge is 2.09. The Morgan fingerprint density at radius 3 is 2.95 bits per heavy atom. The Hall–Kier alpha value is -0.870. The summed E-state index contributed by atoms with van der Waals surface area (Å²) >= 11 is 5.13. The van der Waals surface area contributed by atoms with Gasteiger partial charge in [0.25, 0.3) is 0 Å². The maximum atomic E-state index is 12.0. The normalized spacial score (nSPS) is 10.5. The summed E-state index contributed by atoms with van der Waals surface area (Å²) in [6.45, 7) is 4.97. The lowest BCUT2D eigenvalue weighted by Crippen LogP contribution is -2.14. The van der Waals surface area contributed by atoms with Crippen molar-refractivity contribution in [3.8, 4) is 0 Å². The van der Waals surface area contributed by atoms with Gasteiger partial charge < -0.3 is 10.6 Å². The second-order valence-electron chi connectivity index (χ2n) is 4.60. The molecule has 1 amide bonds. The molecule has 0 aliphatic carbocycles. The molecule has 0 saturated carbocycles. The van der Waals surface area contributed by atoms with Crippen molar-refractivity contribution in [1.29, 1.82) is 0 Å². The van der Waals surface area contributed by atoms with Gasteiger partial charge in [0, 0.05) is 15.8 Å². The lowest BCUT2D eigenvalue weighted by atomic mass is 10.2. The molecule has 1 heterocycles. The van der Waals surface area contributed by atoms with Gasteiger partial charge in [0.05, 0.1) is 5.75 Å². The number of aryl methyl sites for hydroxylation is 1. The highest BCUT2D eigenvalue weighted by atomic mass is 127. The average Bonchev–Trinajstić information content (AvgIpc) is 2.94. The average molecular weight is 448 g/mol. The number of benzene rings is 1. The van der Waals surface area contributed by atoms with Crippen molar-refractivity contribution in [1.82, 2.24) is 10.2 Å². The molecule has 0 aliphatic rings. The number of carbonyl (C=O) groups excluding carboxylic acids is 1. The van der Waals surface area contributed by atoms with E-state index in [0.29, 0.717) is 5.75 Å². The number of hydrogen-bond acceptors (Lipinski definition) is 6. The van der Waals surface area contributed by atoms with Gasteiger partial charge in [0.1, 0.15) is 0 Å². The molecule has 0 atom stereocenters. The number of amides is 1. The molecule has 5 nitrogen and oxygen atoms in total. The zero-order chi connectivity index (χ0) is 15.9. The molecule has 0 aliphatic heterocycles. The third-order valence-electron chi connectivity index (χ3n) is 2.72. The van der Waals surface area contributed by atoms with Crippen molar-refractivity contribution >= 4 is 62.4 Å².